The molecule has 0 saturated carbocycles. The molecule has 0 atom stereocenters. The van der Waals surface area contributed by atoms with Gasteiger partial charge in [-0.3, -0.25) is 0 Å². The Labute approximate surface area is 169 Å². The standard InChI is InChI=1S/C22H25N2Se.ClH/c1-16-14-21(17-6-10-19(11-7-17)23(2)3)25-22(15-16)18-8-12-20(13-9-18)24(4)5;/h6-15H,1-5H3;1H/q+1;/p-1. The van der Waals surface area contributed by atoms with E-state index in [0.29, 0.717) is 15.0 Å². The van der Waals surface area contributed by atoms with Crippen LogP contribution in [0.3, 0.4) is 0 Å². The summed E-state index contributed by atoms with van der Waals surface area (Å²) >= 11 is 0.318. The molecule has 0 saturated heterocycles. The van der Waals surface area contributed by atoms with Crippen LogP contribution < -0.4 is 17.3 Å². The largest absolute Gasteiger partial charge is 1.00 e. The van der Waals surface area contributed by atoms with E-state index in [9.17, 15) is 0 Å². The number of nitrogens with zero attached hydrogens (tertiary/aromatic N) is 2. The van der Waals surface area contributed by atoms with Crippen molar-refractivity contribution in [2.45, 2.75) is 6.92 Å². The molecule has 1 aromatic carbocycles. The molecule has 136 valence electrons. The van der Waals surface area contributed by atoms with E-state index in [4.69, 9.17) is 0 Å². The van der Waals surface area contributed by atoms with Crippen LogP contribution in [0.1, 0.15) is 12.5 Å². The summed E-state index contributed by atoms with van der Waals surface area (Å²) in [5.41, 5.74) is 6.47. The quantitative estimate of drug-likeness (QED) is 0.497. The van der Waals surface area contributed by atoms with E-state index in [2.05, 4.69) is 105 Å². The minimum absolute atomic E-state index is 0. The van der Waals surface area contributed by atoms with E-state index in [1.807, 2.05) is 0 Å². The van der Waals surface area contributed by atoms with Crippen LogP contribution in [-0.2, 0) is 0 Å². The number of allylic oxidation sites excluding steroid dienone is 9. The second-order valence-corrected chi connectivity index (χ2v) is 9.02. The monoisotopic (exact) mass is 432 g/mol. The van der Waals surface area contributed by atoms with Crippen molar-refractivity contribution in [2.75, 3.05) is 33.1 Å². The van der Waals surface area contributed by atoms with Crippen molar-refractivity contribution in [2.24, 2.45) is 0 Å². The average molecular weight is 432 g/mol. The first-order valence-corrected chi connectivity index (χ1v) is 10.2. The molecule has 0 aromatic heterocycles. The van der Waals surface area contributed by atoms with Gasteiger partial charge in [-0.2, -0.15) is 0 Å². The maximum absolute atomic E-state index is 2.34. The minimum atomic E-state index is 0. The number of benzene rings is 1. The summed E-state index contributed by atoms with van der Waals surface area (Å²) in [4.78, 5) is 2.14. The van der Waals surface area contributed by atoms with Crippen LogP contribution in [0.25, 0.3) is 4.47 Å². The van der Waals surface area contributed by atoms with Gasteiger partial charge in [-0.15, -0.1) is 0 Å². The van der Waals surface area contributed by atoms with Gasteiger partial charge in [0.05, 0.1) is 0 Å². The zero-order valence-electron chi connectivity index (χ0n) is 16.0. The van der Waals surface area contributed by atoms with Crippen LogP contribution in [-0.4, -0.2) is 53.4 Å². The Morgan fingerprint density at radius 1 is 0.885 bits per heavy atom. The average Bonchev–Trinajstić information content (AvgIpc) is 2.61. The van der Waals surface area contributed by atoms with Gasteiger partial charge in [0.2, 0.25) is 0 Å². The van der Waals surface area contributed by atoms with E-state index in [1.165, 1.54) is 37.1 Å². The molecule has 4 heteroatoms. The van der Waals surface area contributed by atoms with Crippen LogP contribution in [0.2, 0.25) is 0 Å². The van der Waals surface area contributed by atoms with Crippen molar-refractivity contribution < 1.29 is 17.0 Å². The number of hydrogen-bond donors (Lipinski definition) is 0. The third-order valence-electron chi connectivity index (χ3n) is 4.27. The predicted octanol–water partition coefficient (Wildman–Crippen LogP) is 0.855. The first-order chi connectivity index (χ1) is 11.9. The predicted molar refractivity (Wildman–Crippen MR) is 111 cm³/mol. The van der Waals surface area contributed by atoms with Gasteiger partial charge in [-0.1, -0.05) is 0 Å². The van der Waals surface area contributed by atoms with Crippen molar-refractivity contribution in [1.29, 1.82) is 0 Å². The summed E-state index contributed by atoms with van der Waals surface area (Å²) in [6.07, 6.45) is 13.6. The van der Waals surface area contributed by atoms with Crippen molar-refractivity contribution in [1.82, 2.24) is 0 Å². The van der Waals surface area contributed by atoms with Crippen LogP contribution >= 0.6 is 0 Å². The van der Waals surface area contributed by atoms with Crippen LogP contribution in [0.4, 0.5) is 5.69 Å². The summed E-state index contributed by atoms with van der Waals surface area (Å²) < 4.78 is 5.04. The van der Waals surface area contributed by atoms with E-state index in [-0.39, 0.29) is 12.4 Å². The molecule has 3 rings (SSSR count). The summed E-state index contributed by atoms with van der Waals surface area (Å²) in [7, 11) is 8.31. The molecule has 0 amide bonds. The van der Waals surface area contributed by atoms with E-state index >= 15 is 0 Å². The number of hydrogen-bond acceptors (Lipinski definition) is 1. The van der Waals surface area contributed by atoms with Gasteiger partial charge < -0.3 is 12.4 Å². The van der Waals surface area contributed by atoms with Crippen molar-refractivity contribution in [3.05, 3.63) is 81.9 Å². The zero-order chi connectivity index (χ0) is 18.0. The summed E-state index contributed by atoms with van der Waals surface area (Å²) in [5, 5.41) is 0. The van der Waals surface area contributed by atoms with Gasteiger partial charge in [-0.05, 0) is 0 Å². The van der Waals surface area contributed by atoms with Crippen molar-refractivity contribution in [3.63, 3.8) is 0 Å². The number of halogens is 1. The number of anilines is 1. The second kappa shape index (κ2) is 8.72. The molecule has 0 spiro atoms. The Bertz CT molecular complexity index is 844. The fourth-order valence-corrected chi connectivity index (χ4v) is 5.35. The molecular weight excluding hydrogens is 407 g/mol. The SMILES string of the molecule is CC1=CC(=C2C=CC(=[N+](C)C)C=C2)[Se]C(c2ccc(N(C)C)cc2)=C1.[Cl-]. The maximum atomic E-state index is 2.34. The summed E-state index contributed by atoms with van der Waals surface area (Å²) in [6.45, 7) is 2.19. The van der Waals surface area contributed by atoms with Crippen LogP contribution in [0.5, 0.6) is 0 Å². The number of rotatable bonds is 2. The van der Waals surface area contributed by atoms with Crippen LogP contribution in [0, 0.1) is 0 Å². The molecule has 1 aliphatic heterocycles. The molecule has 0 bridgehead atoms. The van der Waals surface area contributed by atoms with Gasteiger partial charge in [0.15, 0.2) is 0 Å². The van der Waals surface area contributed by atoms with E-state index in [0.717, 1.165) is 0 Å². The topological polar surface area (TPSA) is 6.25 Å². The normalized spacial score (nSPS) is 16.1. The summed E-state index contributed by atoms with van der Waals surface area (Å²) in [5.74, 6) is 0. The molecular formula is C22H25ClN2Se. The maximum Gasteiger partial charge on any atom is -1.00 e. The van der Waals surface area contributed by atoms with Crippen molar-refractivity contribution in [3.8, 4) is 0 Å². The van der Waals surface area contributed by atoms with Crippen LogP contribution in [0.15, 0.2) is 76.3 Å². The van der Waals surface area contributed by atoms with Gasteiger partial charge in [0.1, 0.15) is 0 Å². The van der Waals surface area contributed by atoms with Gasteiger partial charge in [-0.25, -0.2) is 0 Å². The van der Waals surface area contributed by atoms with E-state index in [1.54, 1.807) is 0 Å². The van der Waals surface area contributed by atoms with E-state index < -0.39 is 0 Å². The smallest absolute Gasteiger partial charge is 1.00 e. The molecule has 0 N–H and O–H groups in total. The fraction of sp³-hybridized carbons (Fsp3) is 0.227. The van der Waals surface area contributed by atoms with Gasteiger partial charge in [0, 0.05) is 0 Å². The Balaban J connectivity index is 0.00000243. The Morgan fingerprint density at radius 3 is 2.04 bits per heavy atom. The third-order valence-corrected chi connectivity index (χ3v) is 6.68. The van der Waals surface area contributed by atoms with Crippen molar-refractivity contribution >= 4 is 30.8 Å². The first kappa shape index (κ1) is 20.5. The van der Waals surface area contributed by atoms with Gasteiger partial charge >= 0.3 is 157 Å². The minimum Gasteiger partial charge on any atom is -1.00 e. The Kier molecular flexibility index (Phi) is 6.88. The molecule has 1 aliphatic carbocycles. The fourth-order valence-electron chi connectivity index (χ4n) is 2.76. The molecule has 0 radical (unpaired) electrons. The summed E-state index contributed by atoms with van der Waals surface area (Å²) in [6, 6.07) is 8.89. The zero-order valence-corrected chi connectivity index (χ0v) is 18.4. The molecule has 2 aliphatic rings. The molecule has 0 fully saturated rings. The molecule has 1 heterocycles. The molecule has 26 heavy (non-hydrogen) atoms. The third kappa shape index (κ3) is 4.67. The Morgan fingerprint density at radius 2 is 1.50 bits per heavy atom. The first-order valence-electron chi connectivity index (χ1n) is 8.44. The second-order valence-electron chi connectivity index (χ2n) is 6.75. The molecule has 2 nitrogen and oxygen atoms in total. The van der Waals surface area contributed by atoms with Gasteiger partial charge in [0.25, 0.3) is 0 Å². The Hall–Kier alpha value is -1.80. The molecule has 0 unspecified atom stereocenters. The molecule has 1 aromatic rings.